The largest absolute Gasteiger partial charge is 0.399 e. The van der Waals surface area contributed by atoms with Crippen molar-refractivity contribution in [3.05, 3.63) is 65.5 Å². The maximum absolute atomic E-state index is 13.3. The molecule has 0 bridgehead atoms. The summed E-state index contributed by atoms with van der Waals surface area (Å²) >= 11 is 0. The number of carbonyl (C=O) groups excluding carboxylic acids is 1. The van der Waals surface area contributed by atoms with Gasteiger partial charge in [-0.05, 0) is 48.2 Å². The van der Waals surface area contributed by atoms with E-state index in [0.717, 1.165) is 24.0 Å². The fraction of sp³-hybridized carbons (Fsp3) is 0.278. The van der Waals surface area contributed by atoms with Crippen LogP contribution >= 0.6 is 0 Å². The highest BCUT2D eigenvalue weighted by molar-refractivity contribution is 5.79. The Kier molecular flexibility index (Phi) is 4.09. The average molecular weight is 298 g/mol. The van der Waals surface area contributed by atoms with Crippen LogP contribution in [0.25, 0.3) is 0 Å². The monoisotopic (exact) mass is 298 g/mol. The maximum atomic E-state index is 13.3. The molecule has 2 N–H and O–H groups in total. The summed E-state index contributed by atoms with van der Waals surface area (Å²) in [6, 6.07) is 14.1. The molecule has 0 saturated heterocycles. The first-order valence-electron chi connectivity index (χ1n) is 7.50. The van der Waals surface area contributed by atoms with Crippen LogP contribution in [0.3, 0.4) is 0 Å². The van der Waals surface area contributed by atoms with Crippen LogP contribution in [-0.4, -0.2) is 16.8 Å². The second-order valence-corrected chi connectivity index (χ2v) is 5.80. The standard InChI is InChI=1S/C18H19FN2O/c19-15-3-1-2-14(10-15)12-21(17-8-9-17)18(22)11-13-4-6-16(20)7-5-13/h1-7,10,17H,8-9,11-12,20H2. The SMILES string of the molecule is Nc1ccc(CC(=O)N(Cc2cccc(F)c2)C2CC2)cc1. The summed E-state index contributed by atoms with van der Waals surface area (Å²) in [5.74, 6) is -0.184. The van der Waals surface area contributed by atoms with E-state index in [1.165, 1.54) is 12.1 Å². The summed E-state index contributed by atoms with van der Waals surface area (Å²) in [4.78, 5) is 14.4. The van der Waals surface area contributed by atoms with Crippen molar-refractivity contribution in [2.75, 3.05) is 5.73 Å². The van der Waals surface area contributed by atoms with E-state index in [1.54, 1.807) is 18.2 Å². The molecule has 114 valence electrons. The minimum atomic E-state index is -0.265. The van der Waals surface area contributed by atoms with Crippen molar-refractivity contribution in [3.63, 3.8) is 0 Å². The van der Waals surface area contributed by atoms with Gasteiger partial charge in [0.2, 0.25) is 5.91 Å². The van der Waals surface area contributed by atoms with Gasteiger partial charge in [-0.25, -0.2) is 4.39 Å². The first kappa shape index (κ1) is 14.6. The van der Waals surface area contributed by atoms with Crippen molar-refractivity contribution in [1.82, 2.24) is 4.90 Å². The molecule has 22 heavy (non-hydrogen) atoms. The quantitative estimate of drug-likeness (QED) is 0.862. The van der Waals surface area contributed by atoms with E-state index in [9.17, 15) is 9.18 Å². The number of amides is 1. The van der Waals surface area contributed by atoms with Gasteiger partial charge < -0.3 is 10.6 Å². The van der Waals surface area contributed by atoms with Gasteiger partial charge in [-0.2, -0.15) is 0 Å². The zero-order valence-electron chi connectivity index (χ0n) is 12.3. The molecule has 2 aromatic rings. The highest BCUT2D eigenvalue weighted by Gasteiger charge is 2.32. The molecule has 1 aliphatic carbocycles. The van der Waals surface area contributed by atoms with Gasteiger partial charge in [-0.15, -0.1) is 0 Å². The van der Waals surface area contributed by atoms with Crippen LogP contribution < -0.4 is 5.73 Å². The number of rotatable bonds is 5. The number of nitrogens with zero attached hydrogens (tertiary/aromatic N) is 1. The lowest BCUT2D eigenvalue weighted by Gasteiger charge is -2.23. The lowest BCUT2D eigenvalue weighted by Crippen LogP contribution is -2.33. The minimum absolute atomic E-state index is 0.0801. The summed E-state index contributed by atoms with van der Waals surface area (Å²) in [7, 11) is 0. The van der Waals surface area contributed by atoms with E-state index in [0.29, 0.717) is 24.7 Å². The predicted octanol–water partition coefficient (Wildman–Crippen LogP) is 3.14. The Morgan fingerprint density at radius 1 is 1.14 bits per heavy atom. The summed E-state index contributed by atoms with van der Waals surface area (Å²) in [6.07, 6.45) is 2.41. The molecule has 0 radical (unpaired) electrons. The van der Waals surface area contributed by atoms with E-state index < -0.39 is 0 Å². The number of anilines is 1. The molecule has 0 atom stereocenters. The Labute approximate surface area is 129 Å². The second-order valence-electron chi connectivity index (χ2n) is 5.80. The van der Waals surface area contributed by atoms with Gasteiger partial charge in [0.05, 0.1) is 6.42 Å². The molecular weight excluding hydrogens is 279 g/mol. The van der Waals surface area contributed by atoms with Crippen molar-refractivity contribution < 1.29 is 9.18 Å². The van der Waals surface area contributed by atoms with E-state index in [-0.39, 0.29) is 11.7 Å². The highest BCUT2D eigenvalue weighted by Crippen LogP contribution is 2.29. The molecule has 4 heteroatoms. The fourth-order valence-corrected chi connectivity index (χ4v) is 2.55. The van der Waals surface area contributed by atoms with E-state index >= 15 is 0 Å². The highest BCUT2D eigenvalue weighted by atomic mass is 19.1. The van der Waals surface area contributed by atoms with Gasteiger partial charge in [-0.3, -0.25) is 4.79 Å². The Morgan fingerprint density at radius 3 is 2.50 bits per heavy atom. The van der Waals surface area contributed by atoms with Crippen LogP contribution in [0, 0.1) is 5.82 Å². The fourth-order valence-electron chi connectivity index (χ4n) is 2.55. The third-order valence-corrected chi connectivity index (χ3v) is 3.89. The first-order valence-corrected chi connectivity index (χ1v) is 7.50. The molecular formula is C18H19FN2O. The van der Waals surface area contributed by atoms with Crippen molar-refractivity contribution >= 4 is 11.6 Å². The minimum Gasteiger partial charge on any atom is -0.399 e. The van der Waals surface area contributed by atoms with Crippen LogP contribution in [0.5, 0.6) is 0 Å². The van der Waals surface area contributed by atoms with Crippen LogP contribution in [0.1, 0.15) is 24.0 Å². The molecule has 3 nitrogen and oxygen atoms in total. The Morgan fingerprint density at radius 2 is 1.86 bits per heavy atom. The normalized spacial score (nSPS) is 13.9. The van der Waals surface area contributed by atoms with Gasteiger partial charge in [0.1, 0.15) is 5.82 Å². The number of nitrogen functional groups attached to an aromatic ring is 1. The van der Waals surface area contributed by atoms with Gasteiger partial charge in [-0.1, -0.05) is 24.3 Å². The number of hydrogen-bond donors (Lipinski definition) is 1. The smallest absolute Gasteiger partial charge is 0.227 e. The molecule has 1 aliphatic rings. The van der Waals surface area contributed by atoms with Crippen molar-refractivity contribution in [1.29, 1.82) is 0 Å². The van der Waals surface area contributed by atoms with Gasteiger partial charge in [0.25, 0.3) is 0 Å². The molecule has 0 unspecified atom stereocenters. The number of carbonyl (C=O) groups is 1. The van der Waals surface area contributed by atoms with E-state index in [2.05, 4.69) is 0 Å². The number of halogens is 1. The average Bonchev–Trinajstić information content (AvgIpc) is 3.32. The molecule has 0 spiro atoms. The van der Waals surface area contributed by atoms with Gasteiger partial charge in [0.15, 0.2) is 0 Å². The maximum Gasteiger partial charge on any atom is 0.227 e. The molecule has 1 amide bonds. The Hall–Kier alpha value is -2.36. The van der Waals surface area contributed by atoms with Crippen LogP contribution in [0.4, 0.5) is 10.1 Å². The zero-order valence-corrected chi connectivity index (χ0v) is 12.3. The lowest BCUT2D eigenvalue weighted by molar-refractivity contribution is -0.131. The predicted molar refractivity (Wildman–Crippen MR) is 84.5 cm³/mol. The van der Waals surface area contributed by atoms with Gasteiger partial charge in [0, 0.05) is 18.3 Å². The summed E-state index contributed by atoms with van der Waals surface area (Å²) in [5, 5.41) is 0. The molecule has 0 aliphatic heterocycles. The third-order valence-electron chi connectivity index (χ3n) is 3.89. The number of benzene rings is 2. The number of nitrogens with two attached hydrogens (primary N) is 1. The van der Waals surface area contributed by atoms with Crippen LogP contribution in [0.15, 0.2) is 48.5 Å². The van der Waals surface area contributed by atoms with Crippen molar-refractivity contribution in [3.8, 4) is 0 Å². The first-order chi connectivity index (χ1) is 10.6. The third kappa shape index (κ3) is 3.64. The van der Waals surface area contributed by atoms with Crippen molar-refractivity contribution in [2.24, 2.45) is 0 Å². The summed E-state index contributed by atoms with van der Waals surface area (Å²) in [5.41, 5.74) is 8.13. The molecule has 0 aromatic heterocycles. The van der Waals surface area contributed by atoms with Crippen LogP contribution in [0.2, 0.25) is 0 Å². The second kappa shape index (κ2) is 6.18. The van der Waals surface area contributed by atoms with Crippen LogP contribution in [-0.2, 0) is 17.8 Å². The molecule has 0 heterocycles. The number of hydrogen-bond acceptors (Lipinski definition) is 2. The Balaban J connectivity index is 1.70. The lowest BCUT2D eigenvalue weighted by atomic mass is 10.1. The molecule has 2 aromatic carbocycles. The zero-order chi connectivity index (χ0) is 15.5. The summed E-state index contributed by atoms with van der Waals surface area (Å²) < 4.78 is 13.3. The Bertz CT molecular complexity index is 665. The summed E-state index contributed by atoms with van der Waals surface area (Å²) in [6.45, 7) is 0.468. The van der Waals surface area contributed by atoms with Crippen molar-refractivity contribution in [2.45, 2.75) is 31.8 Å². The van der Waals surface area contributed by atoms with E-state index in [1.807, 2.05) is 23.1 Å². The molecule has 3 rings (SSSR count). The molecule has 1 saturated carbocycles. The van der Waals surface area contributed by atoms with Gasteiger partial charge >= 0.3 is 0 Å². The van der Waals surface area contributed by atoms with E-state index in [4.69, 9.17) is 5.73 Å². The molecule has 1 fully saturated rings. The topological polar surface area (TPSA) is 46.3 Å².